The molecule has 1 heterocycles. The van der Waals surface area contributed by atoms with Crippen LogP contribution in [0.5, 0.6) is 5.75 Å². The molecule has 3 aromatic rings. The van der Waals surface area contributed by atoms with Gasteiger partial charge in [-0.1, -0.05) is 49.2 Å². The van der Waals surface area contributed by atoms with E-state index in [1.165, 1.54) is 11.1 Å². The molecule has 4 nitrogen and oxygen atoms in total. The monoisotopic (exact) mass is 391 g/mol. The highest BCUT2D eigenvalue weighted by atomic mass is 16.5. The quantitative estimate of drug-likeness (QED) is 0.513. The highest BCUT2D eigenvalue weighted by Crippen LogP contribution is 2.25. The molecule has 0 saturated heterocycles. The Labute approximate surface area is 172 Å². The van der Waals surface area contributed by atoms with Gasteiger partial charge in [-0.15, -0.1) is 0 Å². The average Bonchev–Trinajstić information content (AvgIpc) is 3.18. The Hall–Kier alpha value is -3.01. The van der Waals surface area contributed by atoms with Crippen molar-refractivity contribution in [1.82, 2.24) is 5.32 Å². The number of hydrogen-bond acceptors (Lipinski definition) is 3. The van der Waals surface area contributed by atoms with E-state index in [9.17, 15) is 4.79 Å². The minimum absolute atomic E-state index is 0.0335. The zero-order valence-corrected chi connectivity index (χ0v) is 17.6. The third kappa shape index (κ3) is 5.98. The second-order valence-electron chi connectivity index (χ2n) is 7.97. The van der Waals surface area contributed by atoms with E-state index in [0.717, 1.165) is 17.7 Å². The van der Waals surface area contributed by atoms with Crippen LogP contribution >= 0.6 is 0 Å². The smallest absolute Gasteiger partial charge is 0.251 e. The van der Waals surface area contributed by atoms with Gasteiger partial charge in [0, 0.05) is 5.56 Å². The van der Waals surface area contributed by atoms with Gasteiger partial charge in [0.15, 0.2) is 0 Å². The van der Waals surface area contributed by atoms with E-state index in [1.807, 2.05) is 30.3 Å². The molecule has 152 valence electrons. The van der Waals surface area contributed by atoms with Gasteiger partial charge in [0.1, 0.15) is 18.1 Å². The van der Waals surface area contributed by atoms with Gasteiger partial charge in [0.05, 0.1) is 12.3 Å². The predicted molar refractivity (Wildman–Crippen MR) is 115 cm³/mol. The maximum Gasteiger partial charge on any atom is 0.251 e. The second kappa shape index (κ2) is 9.46. The van der Waals surface area contributed by atoms with Crippen molar-refractivity contribution in [2.75, 3.05) is 0 Å². The topological polar surface area (TPSA) is 51.5 Å². The zero-order chi connectivity index (χ0) is 20.8. The molecule has 3 rings (SSSR count). The lowest BCUT2D eigenvalue weighted by molar-refractivity contribution is 0.0931. The normalized spacial score (nSPS) is 12.0. The maximum absolute atomic E-state index is 13.0. The Balaban J connectivity index is 1.74. The minimum atomic E-state index is -0.0988. The zero-order valence-electron chi connectivity index (χ0n) is 17.6. The number of carbonyl (C=O) groups is 1. The fraction of sp³-hybridized carbons (Fsp3) is 0.320. The van der Waals surface area contributed by atoms with Crippen LogP contribution < -0.4 is 10.1 Å². The lowest BCUT2D eigenvalue weighted by atomic mass is 9.94. The number of hydrogen-bond donors (Lipinski definition) is 1. The summed E-state index contributed by atoms with van der Waals surface area (Å²) in [5, 5.41) is 3.22. The molecule has 1 aromatic heterocycles. The molecule has 0 saturated carbocycles. The number of amides is 1. The summed E-state index contributed by atoms with van der Waals surface area (Å²) in [6, 6.07) is 17.4. The third-order valence-electron chi connectivity index (χ3n) is 4.72. The van der Waals surface area contributed by atoms with E-state index in [2.05, 4.69) is 51.2 Å². The van der Waals surface area contributed by atoms with Crippen molar-refractivity contribution in [3.8, 4) is 5.75 Å². The molecule has 0 bridgehead atoms. The number of nitrogens with one attached hydrogen (secondary N) is 1. The fourth-order valence-corrected chi connectivity index (χ4v) is 3.48. The van der Waals surface area contributed by atoms with Gasteiger partial charge >= 0.3 is 0 Å². The molecule has 0 aliphatic rings. The third-order valence-corrected chi connectivity index (χ3v) is 4.72. The van der Waals surface area contributed by atoms with Crippen molar-refractivity contribution in [2.45, 2.75) is 46.8 Å². The first-order valence-electron chi connectivity index (χ1n) is 10.0. The summed E-state index contributed by atoms with van der Waals surface area (Å²) >= 11 is 0. The van der Waals surface area contributed by atoms with E-state index >= 15 is 0 Å². The van der Waals surface area contributed by atoms with Crippen molar-refractivity contribution in [3.63, 3.8) is 0 Å². The number of ether oxygens (including phenoxy) is 1. The summed E-state index contributed by atoms with van der Waals surface area (Å²) in [7, 11) is 0. The van der Waals surface area contributed by atoms with Gasteiger partial charge < -0.3 is 14.5 Å². The predicted octanol–water partition coefficient (Wildman–Crippen LogP) is 5.99. The lowest BCUT2D eigenvalue weighted by Gasteiger charge is -2.22. The van der Waals surface area contributed by atoms with Crippen LogP contribution in [0.15, 0.2) is 65.3 Å². The van der Waals surface area contributed by atoms with Crippen LogP contribution in [0, 0.1) is 19.8 Å². The largest absolute Gasteiger partial charge is 0.486 e. The van der Waals surface area contributed by atoms with Crippen LogP contribution in [-0.4, -0.2) is 5.91 Å². The molecule has 4 heteroatoms. The van der Waals surface area contributed by atoms with Crippen LogP contribution in [0.3, 0.4) is 0 Å². The Kier molecular flexibility index (Phi) is 6.76. The van der Waals surface area contributed by atoms with Gasteiger partial charge in [-0.05, 0) is 62.1 Å². The van der Waals surface area contributed by atoms with Crippen LogP contribution in [-0.2, 0) is 6.61 Å². The summed E-state index contributed by atoms with van der Waals surface area (Å²) in [5.41, 5.74) is 4.14. The number of benzene rings is 2. The van der Waals surface area contributed by atoms with Crippen molar-refractivity contribution in [2.24, 2.45) is 5.92 Å². The fourth-order valence-electron chi connectivity index (χ4n) is 3.48. The minimum Gasteiger partial charge on any atom is -0.486 e. The van der Waals surface area contributed by atoms with Gasteiger partial charge in [-0.25, -0.2) is 0 Å². The van der Waals surface area contributed by atoms with Crippen LogP contribution in [0.2, 0.25) is 0 Å². The molecule has 2 aromatic carbocycles. The Bertz CT molecular complexity index is 924. The van der Waals surface area contributed by atoms with Crippen molar-refractivity contribution < 1.29 is 13.9 Å². The molecule has 1 amide bonds. The van der Waals surface area contributed by atoms with Crippen molar-refractivity contribution in [3.05, 3.63) is 88.9 Å². The highest BCUT2D eigenvalue weighted by Gasteiger charge is 2.18. The Morgan fingerprint density at radius 3 is 2.45 bits per heavy atom. The Morgan fingerprint density at radius 1 is 1.03 bits per heavy atom. The molecule has 0 aliphatic heterocycles. The summed E-state index contributed by atoms with van der Waals surface area (Å²) in [6.07, 6.45) is 2.49. The molecule has 0 spiro atoms. The highest BCUT2D eigenvalue weighted by molar-refractivity contribution is 5.94. The molecule has 0 radical (unpaired) electrons. The number of aryl methyl sites for hydroxylation is 2. The molecule has 1 unspecified atom stereocenters. The number of carbonyl (C=O) groups excluding carboxylic acids is 1. The number of rotatable bonds is 8. The molecule has 29 heavy (non-hydrogen) atoms. The van der Waals surface area contributed by atoms with Gasteiger partial charge in [0.2, 0.25) is 0 Å². The summed E-state index contributed by atoms with van der Waals surface area (Å²) in [4.78, 5) is 13.0. The van der Waals surface area contributed by atoms with E-state index in [-0.39, 0.29) is 11.9 Å². The van der Waals surface area contributed by atoms with Crippen molar-refractivity contribution >= 4 is 5.91 Å². The van der Waals surface area contributed by atoms with Crippen LogP contribution in [0.25, 0.3) is 0 Å². The summed E-state index contributed by atoms with van der Waals surface area (Å²) < 4.78 is 11.0. The van der Waals surface area contributed by atoms with Gasteiger partial charge in [-0.2, -0.15) is 0 Å². The summed E-state index contributed by atoms with van der Waals surface area (Å²) in [5.74, 6) is 1.75. The number of furan rings is 1. The van der Waals surface area contributed by atoms with E-state index in [0.29, 0.717) is 23.8 Å². The van der Waals surface area contributed by atoms with Crippen molar-refractivity contribution in [1.29, 1.82) is 0 Å². The first-order valence-corrected chi connectivity index (χ1v) is 10.0. The van der Waals surface area contributed by atoms with E-state index < -0.39 is 0 Å². The van der Waals surface area contributed by atoms with Gasteiger partial charge in [0.25, 0.3) is 5.91 Å². The summed E-state index contributed by atoms with van der Waals surface area (Å²) in [6.45, 7) is 8.85. The first-order chi connectivity index (χ1) is 13.9. The van der Waals surface area contributed by atoms with E-state index in [4.69, 9.17) is 9.15 Å². The SMILES string of the molecule is Cc1cc(C)cc(C(CC(C)C)NC(=O)c2cccc(OCc3ccco3)c2)c1. The van der Waals surface area contributed by atoms with Gasteiger partial charge in [-0.3, -0.25) is 4.79 Å². The maximum atomic E-state index is 13.0. The molecule has 0 aliphatic carbocycles. The molecular weight excluding hydrogens is 362 g/mol. The molecule has 1 N–H and O–H groups in total. The first kappa shape index (κ1) is 20.7. The molecular formula is C25H29NO3. The molecule has 0 fully saturated rings. The average molecular weight is 392 g/mol. The Morgan fingerprint density at radius 2 is 1.79 bits per heavy atom. The van der Waals surface area contributed by atoms with Crippen LogP contribution in [0.1, 0.15) is 59.1 Å². The lowest BCUT2D eigenvalue weighted by Crippen LogP contribution is -2.29. The standard InChI is InChI=1S/C25H29NO3/c1-17(2)11-24(21-13-18(3)12-19(4)14-21)26-25(27)20-7-5-8-22(15-20)29-16-23-9-6-10-28-23/h5-10,12-15,17,24H,11,16H2,1-4H3,(H,26,27). The molecule has 1 atom stereocenters. The van der Waals surface area contributed by atoms with E-state index in [1.54, 1.807) is 12.3 Å². The van der Waals surface area contributed by atoms with Crippen LogP contribution in [0.4, 0.5) is 0 Å². The second-order valence-corrected chi connectivity index (χ2v) is 7.97.